The third-order valence-electron chi connectivity index (χ3n) is 2.69. The van der Waals surface area contributed by atoms with Crippen molar-refractivity contribution in [2.75, 3.05) is 0 Å². The van der Waals surface area contributed by atoms with Gasteiger partial charge < -0.3 is 4.98 Å². The van der Waals surface area contributed by atoms with Gasteiger partial charge in [-0.15, -0.1) is 0 Å². The third-order valence-corrected chi connectivity index (χ3v) is 4.25. The van der Waals surface area contributed by atoms with E-state index in [0.29, 0.717) is 0 Å². The molecular weight excluding hydrogens is 393 g/mol. The maximum Gasteiger partial charge on any atom is 0.190 e. The molecule has 0 aliphatic carbocycles. The lowest BCUT2D eigenvalue weighted by Crippen LogP contribution is -2.18. The molecule has 17 heavy (non-hydrogen) atoms. The Hall–Kier alpha value is -0.360. The average molecular weight is 406 g/mol. The second-order valence-electron chi connectivity index (χ2n) is 5.08. The molecule has 0 aliphatic rings. The zero-order valence-electron chi connectivity index (χ0n) is 9.90. The highest BCUT2D eigenvalue weighted by Crippen LogP contribution is 2.27. The second-order valence-corrected chi connectivity index (χ2v) is 7.09. The van der Waals surface area contributed by atoms with Crippen molar-refractivity contribution in [1.29, 1.82) is 0 Å². The fourth-order valence-corrected chi connectivity index (χ4v) is 2.84. The van der Waals surface area contributed by atoms with E-state index in [9.17, 15) is 4.79 Å². The molecule has 1 N–H and O–H groups in total. The quantitative estimate of drug-likeness (QED) is 0.655. The summed E-state index contributed by atoms with van der Waals surface area (Å²) in [5.41, 5.74) is 1.86. The fraction of sp³-hybridized carbons (Fsp3) is 0.308. The predicted octanol–water partition coefficient (Wildman–Crippen LogP) is 4.19. The van der Waals surface area contributed by atoms with E-state index < -0.39 is 0 Å². The van der Waals surface area contributed by atoms with Crippen LogP contribution in [0, 0.1) is 3.57 Å². The molecule has 90 valence electrons. The van der Waals surface area contributed by atoms with E-state index in [0.717, 1.165) is 24.6 Å². The minimum Gasteiger partial charge on any atom is -0.357 e. The summed E-state index contributed by atoms with van der Waals surface area (Å²) in [5, 5.41) is 0.757. The molecule has 2 rings (SSSR count). The van der Waals surface area contributed by atoms with Gasteiger partial charge in [-0.2, -0.15) is 0 Å². The van der Waals surface area contributed by atoms with Crippen molar-refractivity contribution in [1.82, 2.24) is 4.98 Å². The molecule has 4 heteroatoms. The average Bonchev–Trinajstić information content (AvgIpc) is 2.21. The maximum absolute atomic E-state index is 12.2. The molecule has 0 saturated heterocycles. The number of H-pyrrole nitrogens is 1. The molecule has 0 atom stereocenters. The van der Waals surface area contributed by atoms with Crippen LogP contribution >= 0.6 is 38.5 Å². The number of hydrogen-bond acceptors (Lipinski definition) is 1. The topological polar surface area (TPSA) is 32.9 Å². The monoisotopic (exact) mass is 405 g/mol. The van der Waals surface area contributed by atoms with E-state index in [1.165, 1.54) is 0 Å². The van der Waals surface area contributed by atoms with Gasteiger partial charge in [0.15, 0.2) is 5.43 Å². The Kier molecular flexibility index (Phi) is 3.38. The zero-order chi connectivity index (χ0) is 12.8. The SMILES string of the molecule is CC(C)(C)c1cc(=O)c2c(I)ccc(Br)c2[nH]1. The molecule has 2 nitrogen and oxygen atoms in total. The van der Waals surface area contributed by atoms with Crippen LogP contribution in [-0.4, -0.2) is 4.98 Å². The summed E-state index contributed by atoms with van der Waals surface area (Å²) in [7, 11) is 0. The van der Waals surface area contributed by atoms with E-state index in [1.807, 2.05) is 12.1 Å². The highest BCUT2D eigenvalue weighted by molar-refractivity contribution is 14.1. The number of benzene rings is 1. The number of fused-ring (bicyclic) bond motifs is 1. The van der Waals surface area contributed by atoms with Crippen LogP contribution in [0.25, 0.3) is 10.9 Å². The molecule has 0 fully saturated rings. The maximum atomic E-state index is 12.2. The Morgan fingerprint density at radius 3 is 2.53 bits per heavy atom. The van der Waals surface area contributed by atoms with Crippen LogP contribution in [0.3, 0.4) is 0 Å². The van der Waals surface area contributed by atoms with Crippen molar-refractivity contribution in [2.45, 2.75) is 26.2 Å². The van der Waals surface area contributed by atoms with E-state index in [4.69, 9.17) is 0 Å². The summed E-state index contributed by atoms with van der Waals surface area (Å²) >= 11 is 5.68. The summed E-state index contributed by atoms with van der Waals surface area (Å²) in [6.45, 7) is 6.27. The Morgan fingerprint density at radius 1 is 1.29 bits per heavy atom. The Morgan fingerprint density at radius 2 is 1.94 bits per heavy atom. The van der Waals surface area contributed by atoms with Crippen LogP contribution in [0.5, 0.6) is 0 Å². The van der Waals surface area contributed by atoms with E-state index in [-0.39, 0.29) is 10.8 Å². The van der Waals surface area contributed by atoms with Gasteiger partial charge in [0.1, 0.15) is 0 Å². The lowest BCUT2D eigenvalue weighted by atomic mass is 9.91. The van der Waals surface area contributed by atoms with Gasteiger partial charge in [0.2, 0.25) is 0 Å². The summed E-state index contributed by atoms with van der Waals surface area (Å²) in [6, 6.07) is 5.61. The first kappa shape index (κ1) is 13.1. The Labute approximate surface area is 122 Å². The Bertz CT molecular complexity index is 640. The summed E-state index contributed by atoms with van der Waals surface area (Å²) < 4.78 is 1.90. The third kappa shape index (κ3) is 2.42. The van der Waals surface area contributed by atoms with Crippen LogP contribution in [-0.2, 0) is 5.41 Å². The number of hydrogen-bond donors (Lipinski definition) is 1. The standard InChI is InChI=1S/C13H13BrINO/c1-13(2,3)10-6-9(17)11-8(15)5-4-7(14)12(11)16-10/h4-6H,1-3H3,(H,16,17). The first-order valence-corrected chi connectivity index (χ1v) is 7.19. The molecular formula is C13H13BrINO. The first-order valence-electron chi connectivity index (χ1n) is 5.32. The number of halogens is 2. The summed E-state index contributed by atoms with van der Waals surface area (Å²) in [6.07, 6.45) is 0. The van der Waals surface area contributed by atoms with Crippen molar-refractivity contribution in [2.24, 2.45) is 0 Å². The molecule has 0 unspecified atom stereocenters. The fourth-order valence-electron chi connectivity index (χ4n) is 1.69. The molecule has 0 aliphatic heterocycles. The number of aromatic amines is 1. The lowest BCUT2D eigenvalue weighted by Gasteiger charge is -2.19. The summed E-state index contributed by atoms with van der Waals surface area (Å²) in [5.74, 6) is 0. The second kappa shape index (κ2) is 4.39. The van der Waals surface area contributed by atoms with Crippen LogP contribution < -0.4 is 5.43 Å². The molecule has 1 aromatic heterocycles. The van der Waals surface area contributed by atoms with E-state index >= 15 is 0 Å². The molecule has 0 bridgehead atoms. The van der Waals surface area contributed by atoms with Crippen molar-refractivity contribution in [3.8, 4) is 0 Å². The van der Waals surface area contributed by atoms with Gasteiger partial charge in [-0.25, -0.2) is 0 Å². The summed E-state index contributed by atoms with van der Waals surface area (Å²) in [4.78, 5) is 15.5. The normalized spacial score (nSPS) is 12.1. The van der Waals surface area contributed by atoms with Crippen molar-refractivity contribution < 1.29 is 0 Å². The molecule has 1 aromatic carbocycles. The van der Waals surface area contributed by atoms with Gasteiger partial charge in [0.05, 0.1) is 10.9 Å². The Balaban J connectivity index is 2.92. The molecule has 2 aromatic rings. The number of nitrogens with one attached hydrogen (secondary N) is 1. The number of aromatic nitrogens is 1. The molecule has 0 amide bonds. The van der Waals surface area contributed by atoms with Crippen molar-refractivity contribution in [3.63, 3.8) is 0 Å². The van der Waals surface area contributed by atoms with E-state index in [2.05, 4.69) is 64.3 Å². The van der Waals surface area contributed by atoms with Crippen molar-refractivity contribution in [3.05, 3.63) is 42.2 Å². The van der Waals surface area contributed by atoms with Crippen LogP contribution in [0.15, 0.2) is 27.5 Å². The first-order chi connectivity index (χ1) is 7.80. The van der Waals surface area contributed by atoms with Gasteiger partial charge in [-0.3, -0.25) is 4.79 Å². The smallest absolute Gasteiger partial charge is 0.190 e. The highest BCUT2D eigenvalue weighted by atomic mass is 127. The van der Waals surface area contributed by atoms with Crippen molar-refractivity contribution >= 4 is 49.4 Å². The highest BCUT2D eigenvalue weighted by Gasteiger charge is 2.17. The molecule has 0 radical (unpaired) electrons. The van der Waals surface area contributed by atoms with Gasteiger partial charge in [0, 0.05) is 25.2 Å². The number of pyridine rings is 1. The molecule has 1 heterocycles. The number of rotatable bonds is 0. The lowest BCUT2D eigenvalue weighted by molar-refractivity contribution is 0.571. The van der Waals surface area contributed by atoms with Gasteiger partial charge >= 0.3 is 0 Å². The molecule has 0 saturated carbocycles. The van der Waals surface area contributed by atoms with E-state index in [1.54, 1.807) is 6.07 Å². The minimum absolute atomic E-state index is 0.0614. The predicted molar refractivity (Wildman–Crippen MR) is 83.7 cm³/mol. The van der Waals surface area contributed by atoms with Gasteiger partial charge in [-0.05, 0) is 50.7 Å². The van der Waals surface area contributed by atoms with Crippen LogP contribution in [0.2, 0.25) is 0 Å². The minimum atomic E-state index is -0.0614. The zero-order valence-corrected chi connectivity index (χ0v) is 13.6. The van der Waals surface area contributed by atoms with Gasteiger partial charge in [-0.1, -0.05) is 20.8 Å². The van der Waals surface area contributed by atoms with Crippen LogP contribution in [0.1, 0.15) is 26.5 Å². The van der Waals surface area contributed by atoms with Gasteiger partial charge in [0.25, 0.3) is 0 Å². The largest absolute Gasteiger partial charge is 0.357 e. The van der Waals surface area contributed by atoms with Crippen LogP contribution in [0.4, 0.5) is 0 Å². The molecule has 0 spiro atoms.